The summed E-state index contributed by atoms with van der Waals surface area (Å²) < 4.78 is 7.71. The molecule has 6 rings (SSSR count). The average molecular weight is 469 g/mol. The molecular formula is C27H28N6O2. The number of ether oxygens (including phenoxy) is 1. The summed E-state index contributed by atoms with van der Waals surface area (Å²) in [5, 5.41) is 8.75. The van der Waals surface area contributed by atoms with Crippen molar-refractivity contribution in [3.8, 4) is 28.3 Å². The second-order valence-electron chi connectivity index (χ2n) is 9.66. The normalized spacial score (nSPS) is 21.2. The van der Waals surface area contributed by atoms with Gasteiger partial charge in [0.1, 0.15) is 17.8 Å². The van der Waals surface area contributed by atoms with Crippen LogP contribution in [0.15, 0.2) is 55.0 Å². The third-order valence-electron chi connectivity index (χ3n) is 7.18. The maximum absolute atomic E-state index is 13.4. The van der Waals surface area contributed by atoms with Gasteiger partial charge < -0.3 is 15.0 Å². The first-order valence-electron chi connectivity index (χ1n) is 12.0. The Morgan fingerprint density at radius 2 is 2.00 bits per heavy atom. The molecule has 2 aromatic carbocycles. The summed E-state index contributed by atoms with van der Waals surface area (Å²) in [5.41, 5.74) is 4.66. The zero-order valence-electron chi connectivity index (χ0n) is 20.2. The summed E-state index contributed by atoms with van der Waals surface area (Å²) >= 11 is 0. The highest BCUT2D eigenvalue weighted by molar-refractivity contribution is 6.04. The van der Waals surface area contributed by atoms with Crippen molar-refractivity contribution < 1.29 is 9.53 Å². The van der Waals surface area contributed by atoms with Gasteiger partial charge in [-0.25, -0.2) is 9.97 Å². The zero-order valence-corrected chi connectivity index (χ0v) is 20.2. The predicted octanol–water partition coefficient (Wildman–Crippen LogP) is 3.99. The van der Waals surface area contributed by atoms with Crippen LogP contribution in [0.4, 0.5) is 5.69 Å². The Hall–Kier alpha value is -3.78. The van der Waals surface area contributed by atoms with Gasteiger partial charge in [0, 0.05) is 48.9 Å². The van der Waals surface area contributed by atoms with Gasteiger partial charge in [0.2, 0.25) is 5.91 Å². The van der Waals surface area contributed by atoms with Crippen LogP contribution in [0.5, 0.6) is 5.75 Å². The molecule has 8 nitrogen and oxygen atoms in total. The fourth-order valence-corrected chi connectivity index (χ4v) is 5.47. The lowest BCUT2D eigenvalue weighted by molar-refractivity contribution is -0.121. The van der Waals surface area contributed by atoms with Crippen LogP contribution < -0.4 is 10.1 Å². The number of piperidine rings is 1. The number of aryl methyl sites for hydroxylation is 1. The highest BCUT2D eigenvalue weighted by Crippen LogP contribution is 2.58. The van der Waals surface area contributed by atoms with E-state index in [0.717, 1.165) is 52.9 Å². The number of nitrogens with one attached hydrogen (secondary N) is 1. The van der Waals surface area contributed by atoms with Gasteiger partial charge in [0.05, 0.1) is 28.9 Å². The summed E-state index contributed by atoms with van der Waals surface area (Å²) in [6.07, 6.45) is 4.49. The van der Waals surface area contributed by atoms with Gasteiger partial charge in [0.15, 0.2) is 0 Å². The van der Waals surface area contributed by atoms with Crippen LogP contribution in [0.3, 0.4) is 0 Å². The number of anilines is 1. The van der Waals surface area contributed by atoms with E-state index in [1.165, 1.54) is 0 Å². The standard InChI is InChI=1S/C27H28N6O2/c1-4-35-23-11-21-19(10-22(23)30-26(34)27-12-18(27)13-32(2)15-27)25(29-16-28-21)20-14-33(3)31-24(20)17-8-6-5-7-9-17/h5-11,14,16,18H,4,12-13,15H2,1-3H3,(H,30,34)/t18-,27-/m0/s1. The quantitative estimate of drug-likeness (QED) is 0.461. The van der Waals surface area contributed by atoms with Crippen molar-refractivity contribution in [1.29, 1.82) is 0 Å². The van der Waals surface area contributed by atoms with E-state index in [1.807, 2.05) is 62.6 Å². The SMILES string of the molecule is CCOc1cc2ncnc(-c3cn(C)nc3-c3ccccc3)c2cc1NC(=O)[C@]12C[C@H]1CN(C)C2. The van der Waals surface area contributed by atoms with E-state index in [-0.39, 0.29) is 11.3 Å². The molecular weight excluding hydrogens is 440 g/mol. The largest absolute Gasteiger partial charge is 0.492 e. The number of hydrogen-bond donors (Lipinski definition) is 1. The third kappa shape index (κ3) is 3.65. The molecule has 178 valence electrons. The molecule has 1 saturated carbocycles. The summed E-state index contributed by atoms with van der Waals surface area (Å²) in [6.45, 7) is 4.20. The van der Waals surface area contributed by atoms with Crippen molar-refractivity contribution in [2.75, 3.05) is 32.1 Å². The summed E-state index contributed by atoms with van der Waals surface area (Å²) in [7, 11) is 3.98. The van der Waals surface area contributed by atoms with Gasteiger partial charge in [0.25, 0.3) is 0 Å². The number of aromatic nitrogens is 4. The molecule has 0 radical (unpaired) electrons. The van der Waals surface area contributed by atoms with E-state index >= 15 is 0 Å². The van der Waals surface area contributed by atoms with E-state index in [9.17, 15) is 4.79 Å². The molecule has 2 atom stereocenters. The molecule has 0 unspecified atom stereocenters. The van der Waals surface area contributed by atoms with Gasteiger partial charge in [-0.05, 0) is 32.4 Å². The van der Waals surface area contributed by atoms with Crippen LogP contribution in [0.2, 0.25) is 0 Å². The van der Waals surface area contributed by atoms with Gasteiger partial charge in [-0.3, -0.25) is 9.48 Å². The molecule has 1 aliphatic carbocycles. The van der Waals surface area contributed by atoms with Crippen LogP contribution in [-0.2, 0) is 11.8 Å². The van der Waals surface area contributed by atoms with E-state index in [2.05, 4.69) is 27.2 Å². The van der Waals surface area contributed by atoms with Crippen molar-refractivity contribution in [3.05, 3.63) is 55.0 Å². The molecule has 0 spiro atoms. The van der Waals surface area contributed by atoms with Gasteiger partial charge in [-0.1, -0.05) is 30.3 Å². The second-order valence-corrected chi connectivity index (χ2v) is 9.66. The Morgan fingerprint density at radius 3 is 2.74 bits per heavy atom. The molecule has 2 aromatic heterocycles. The van der Waals surface area contributed by atoms with Crippen molar-refractivity contribution in [2.24, 2.45) is 18.4 Å². The second kappa shape index (κ2) is 8.16. The molecule has 1 N–H and O–H groups in total. The van der Waals surface area contributed by atoms with Crippen LogP contribution >= 0.6 is 0 Å². The molecule has 1 saturated heterocycles. The first kappa shape index (κ1) is 21.7. The maximum Gasteiger partial charge on any atom is 0.232 e. The van der Waals surface area contributed by atoms with Gasteiger partial charge in [-0.2, -0.15) is 5.10 Å². The number of hydrogen-bond acceptors (Lipinski definition) is 6. The summed E-state index contributed by atoms with van der Waals surface area (Å²) in [5.74, 6) is 1.12. The topological polar surface area (TPSA) is 85.2 Å². The van der Waals surface area contributed by atoms with Gasteiger partial charge >= 0.3 is 0 Å². The number of rotatable bonds is 6. The first-order chi connectivity index (χ1) is 17.0. The lowest BCUT2D eigenvalue weighted by Gasteiger charge is -2.18. The van der Waals surface area contributed by atoms with Gasteiger partial charge in [-0.15, -0.1) is 0 Å². The lowest BCUT2D eigenvalue weighted by atomic mass is 10.0. The minimum Gasteiger partial charge on any atom is -0.492 e. The van der Waals surface area contributed by atoms with Crippen molar-refractivity contribution in [3.63, 3.8) is 0 Å². The highest BCUT2D eigenvalue weighted by atomic mass is 16.5. The molecule has 8 heteroatoms. The fourth-order valence-electron chi connectivity index (χ4n) is 5.47. The number of amides is 1. The Labute approximate surface area is 203 Å². The lowest BCUT2D eigenvalue weighted by Crippen LogP contribution is -2.30. The zero-order chi connectivity index (χ0) is 24.2. The van der Waals surface area contributed by atoms with E-state index in [4.69, 9.17) is 9.84 Å². The number of likely N-dealkylation sites (tertiary alicyclic amines) is 1. The Kier molecular flexibility index (Phi) is 5.07. The fraction of sp³-hybridized carbons (Fsp3) is 0.333. The van der Waals surface area contributed by atoms with Crippen molar-refractivity contribution in [2.45, 2.75) is 13.3 Å². The molecule has 2 fully saturated rings. The molecule has 3 heterocycles. The van der Waals surface area contributed by atoms with Crippen LogP contribution in [0.25, 0.3) is 33.4 Å². The summed E-state index contributed by atoms with van der Waals surface area (Å²) in [6, 6.07) is 13.9. The average Bonchev–Trinajstić information content (AvgIpc) is 3.22. The van der Waals surface area contributed by atoms with Crippen molar-refractivity contribution in [1.82, 2.24) is 24.6 Å². The first-order valence-corrected chi connectivity index (χ1v) is 12.0. The van der Waals surface area contributed by atoms with Crippen molar-refractivity contribution >= 4 is 22.5 Å². The third-order valence-corrected chi connectivity index (χ3v) is 7.18. The Bertz CT molecular complexity index is 1430. The predicted molar refractivity (Wildman–Crippen MR) is 135 cm³/mol. The van der Waals surface area contributed by atoms with Crippen LogP contribution in [-0.4, -0.2) is 57.3 Å². The number of carbonyl (C=O) groups excluding carboxylic acids is 1. The number of carbonyl (C=O) groups is 1. The van der Waals surface area contributed by atoms with Crippen LogP contribution in [0.1, 0.15) is 13.3 Å². The molecule has 2 aliphatic rings. The number of benzene rings is 2. The van der Waals surface area contributed by atoms with E-state index < -0.39 is 0 Å². The minimum atomic E-state index is -0.285. The monoisotopic (exact) mass is 468 g/mol. The number of fused-ring (bicyclic) bond motifs is 2. The summed E-state index contributed by atoms with van der Waals surface area (Å²) in [4.78, 5) is 24.8. The molecule has 35 heavy (non-hydrogen) atoms. The number of nitrogens with zero attached hydrogens (tertiary/aromatic N) is 5. The highest BCUT2D eigenvalue weighted by Gasteiger charge is 2.64. The minimum absolute atomic E-state index is 0.0666. The smallest absolute Gasteiger partial charge is 0.232 e. The Morgan fingerprint density at radius 1 is 1.17 bits per heavy atom. The molecule has 0 bridgehead atoms. The molecule has 1 amide bonds. The van der Waals surface area contributed by atoms with E-state index in [1.54, 1.807) is 11.0 Å². The maximum atomic E-state index is 13.4. The van der Waals surface area contributed by atoms with E-state index in [0.29, 0.717) is 24.0 Å². The Balaban J connectivity index is 1.46. The van der Waals surface area contributed by atoms with Crippen LogP contribution in [0, 0.1) is 11.3 Å². The molecule has 4 aromatic rings. The molecule has 1 aliphatic heterocycles.